The zero-order chi connectivity index (χ0) is 37.1. The Hall–Kier alpha value is -4.66. The second-order valence-corrected chi connectivity index (χ2v) is 14.7. The van der Waals surface area contributed by atoms with E-state index in [1.807, 2.05) is 106 Å². The van der Waals surface area contributed by atoms with Crippen LogP contribution in [0.5, 0.6) is 0 Å². The predicted molar refractivity (Wildman–Crippen MR) is 196 cm³/mol. The molecule has 0 saturated heterocycles. The average molecular weight is 686 g/mol. The lowest BCUT2D eigenvalue weighted by Crippen LogP contribution is -2.57. The maximum absolute atomic E-state index is 14.9. The van der Waals surface area contributed by atoms with Gasteiger partial charge in [-0.25, -0.2) is 9.59 Å². The molecule has 270 valence electrons. The highest BCUT2D eigenvalue weighted by molar-refractivity contribution is 5.94. The van der Waals surface area contributed by atoms with Gasteiger partial charge in [-0.1, -0.05) is 98.8 Å². The fourth-order valence-corrected chi connectivity index (χ4v) is 5.52. The van der Waals surface area contributed by atoms with Gasteiger partial charge in [-0.3, -0.25) is 9.59 Å². The second-order valence-electron chi connectivity index (χ2n) is 14.7. The van der Waals surface area contributed by atoms with Crippen LogP contribution in [0.4, 0.5) is 4.79 Å². The Morgan fingerprint density at radius 2 is 1.16 bits per heavy atom. The summed E-state index contributed by atoms with van der Waals surface area (Å²) < 4.78 is 11.3. The summed E-state index contributed by atoms with van der Waals surface area (Å²) in [6, 6.07) is 22.7. The first kappa shape index (κ1) is 39.8. The van der Waals surface area contributed by atoms with Crippen molar-refractivity contribution in [3.63, 3.8) is 0 Å². The van der Waals surface area contributed by atoms with Crippen LogP contribution < -0.4 is 10.6 Å². The van der Waals surface area contributed by atoms with Crippen molar-refractivity contribution in [1.82, 2.24) is 15.5 Å². The summed E-state index contributed by atoms with van der Waals surface area (Å²) in [4.78, 5) is 57.9. The number of ether oxygens (including phenoxy) is 2. The maximum Gasteiger partial charge on any atom is 0.408 e. The number of nitrogens with zero attached hydrogens (tertiary/aromatic N) is 1. The highest BCUT2D eigenvalue weighted by Gasteiger charge is 2.40. The molecule has 9 nitrogen and oxygen atoms in total. The summed E-state index contributed by atoms with van der Waals surface area (Å²) in [5.41, 5.74) is 1.73. The van der Waals surface area contributed by atoms with Crippen molar-refractivity contribution in [1.29, 1.82) is 0 Å². The Morgan fingerprint density at radius 3 is 1.62 bits per heavy atom. The highest BCUT2D eigenvalue weighted by atomic mass is 16.6. The van der Waals surface area contributed by atoms with E-state index in [1.54, 1.807) is 41.5 Å². The van der Waals surface area contributed by atoms with Crippen LogP contribution in [0.15, 0.2) is 84.9 Å². The van der Waals surface area contributed by atoms with Crippen molar-refractivity contribution >= 4 is 23.9 Å². The first-order chi connectivity index (χ1) is 23.5. The summed E-state index contributed by atoms with van der Waals surface area (Å²) in [7, 11) is 0. The molecule has 3 rings (SSSR count). The summed E-state index contributed by atoms with van der Waals surface area (Å²) in [6.07, 6.45) is 0.937. The Morgan fingerprint density at radius 1 is 0.660 bits per heavy atom. The van der Waals surface area contributed by atoms with Crippen LogP contribution in [-0.2, 0) is 43.1 Å². The molecule has 0 aliphatic heterocycles. The zero-order valence-electron chi connectivity index (χ0n) is 31.1. The van der Waals surface area contributed by atoms with Crippen LogP contribution in [0, 0.1) is 0 Å². The van der Waals surface area contributed by atoms with Gasteiger partial charge in [-0.2, -0.15) is 0 Å². The lowest BCUT2D eigenvalue weighted by Gasteiger charge is -2.39. The van der Waals surface area contributed by atoms with Crippen LogP contribution >= 0.6 is 0 Å². The van der Waals surface area contributed by atoms with Gasteiger partial charge in [-0.15, -0.1) is 0 Å². The summed E-state index contributed by atoms with van der Waals surface area (Å²) in [5.74, 6) is -1.57. The number of carbonyl (C=O) groups is 4. The molecule has 4 atom stereocenters. The van der Waals surface area contributed by atoms with E-state index >= 15 is 0 Å². The van der Waals surface area contributed by atoms with Gasteiger partial charge in [0, 0.05) is 18.9 Å². The molecule has 4 unspecified atom stereocenters. The van der Waals surface area contributed by atoms with E-state index in [0.717, 1.165) is 23.1 Å². The molecule has 3 aromatic rings. The van der Waals surface area contributed by atoms with Crippen molar-refractivity contribution in [2.45, 2.75) is 123 Å². The van der Waals surface area contributed by atoms with Gasteiger partial charge in [0.25, 0.3) is 0 Å². The second kappa shape index (κ2) is 17.8. The number of benzene rings is 3. The van der Waals surface area contributed by atoms with Crippen LogP contribution in [0.3, 0.4) is 0 Å². The Bertz CT molecular complexity index is 1550. The lowest BCUT2D eigenvalue weighted by molar-refractivity contribution is -0.159. The standard InChI is InChI=1S/C41H55N3O6/c1-10-28(3)44(37(46)33(26-30-18-14-12-15-19-30)43-39(48)50-41(7,8)9)35(32-24-22-29(11-2)23-25-32)36(45)42-34(38(47)49-40(4,5)6)27-31-20-16-13-17-21-31/h12-25,28,33-35H,10-11,26-27H2,1-9H3,(H,42,45)(H,43,48). The van der Waals surface area contributed by atoms with Gasteiger partial charge in [-0.05, 0) is 83.6 Å². The molecule has 0 fully saturated rings. The smallest absolute Gasteiger partial charge is 0.408 e. The van der Waals surface area contributed by atoms with Crippen LogP contribution in [-0.4, -0.2) is 58.1 Å². The number of carbonyl (C=O) groups excluding carboxylic acids is 4. The van der Waals surface area contributed by atoms with Crippen molar-refractivity contribution in [2.75, 3.05) is 0 Å². The monoisotopic (exact) mass is 685 g/mol. The molecule has 50 heavy (non-hydrogen) atoms. The largest absolute Gasteiger partial charge is 0.458 e. The highest BCUT2D eigenvalue weighted by Crippen LogP contribution is 2.28. The number of amides is 3. The zero-order valence-corrected chi connectivity index (χ0v) is 31.1. The van der Waals surface area contributed by atoms with Gasteiger partial charge >= 0.3 is 12.1 Å². The number of alkyl carbamates (subject to hydrolysis) is 1. The van der Waals surface area contributed by atoms with Gasteiger partial charge in [0.2, 0.25) is 11.8 Å². The molecule has 0 aliphatic carbocycles. The number of hydrogen-bond acceptors (Lipinski definition) is 6. The lowest BCUT2D eigenvalue weighted by atomic mass is 9.96. The first-order valence-electron chi connectivity index (χ1n) is 17.5. The summed E-state index contributed by atoms with van der Waals surface area (Å²) >= 11 is 0. The molecule has 0 spiro atoms. The Labute approximate surface area is 298 Å². The van der Waals surface area contributed by atoms with E-state index in [2.05, 4.69) is 10.6 Å². The van der Waals surface area contributed by atoms with Gasteiger partial charge in [0.05, 0.1) is 0 Å². The quantitative estimate of drug-likeness (QED) is 0.175. The van der Waals surface area contributed by atoms with Crippen molar-refractivity contribution in [3.05, 3.63) is 107 Å². The normalized spacial score (nSPS) is 14.0. The van der Waals surface area contributed by atoms with Gasteiger partial charge in [0.1, 0.15) is 29.3 Å². The molecule has 0 radical (unpaired) electrons. The number of hydrogen-bond donors (Lipinski definition) is 2. The van der Waals surface area contributed by atoms with Crippen LogP contribution in [0.25, 0.3) is 0 Å². The molecule has 3 aromatic carbocycles. The predicted octanol–water partition coefficient (Wildman–Crippen LogP) is 7.12. The third kappa shape index (κ3) is 12.3. The molecule has 0 saturated carbocycles. The molecule has 3 amide bonds. The Balaban J connectivity index is 2.13. The third-order valence-electron chi connectivity index (χ3n) is 8.11. The molecular weight excluding hydrogens is 630 g/mol. The number of aryl methyl sites for hydroxylation is 1. The van der Waals surface area contributed by atoms with Crippen LogP contribution in [0.1, 0.15) is 97.0 Å². The number of rotatable bonds is 14. The third-order valence-corrected chi connectivity index (χ3v) is 8.11. The van der Waals surface area contributed by atoms with Gasteiger partial charge < -0.3 is 25.0 Å². The van der Waals surface area contributed by atoms with E-state index in [4.69, 9.17) is 9.47 Å². The topological polar surface area (TPSA) is 114 Å². The summed E-state index contributed by atoms with van der Waals surface area (Å²) in [6.45, 7) is 16.4. The minimum Gasteiger partial charge on any atom is -0.458 e. The SMILES string of the molecule is CCc1ccc(C(C(=O)NC(Cc2ccccc2)C(=O)OC(C)(C)C)N(C(=O)C(Cc2ccccc2)NC(=O)OC(C)(C)C)C(C)CC)cc1. The molecule has 0 heterocycles. The van der Waals surface area contributed by atoms with E-state index in [1.165, 1.54) is 4.90 Å². The van der Waals surface area contributed by atoms with E-state index in [0.29, 0.717) is 12.0 Å². The minimum absolute atomic E-state index is 0.170. The number of nitrogens with one attached hydrogen (secondary N) is 2. The van der Waals surface area contributed by atoms with Crippen molar-refractivity contribution in [2.24, 2.45) is 0 Å². The van der Waals surface area contributed by atoms with E-state index in [9.17, 15) is 19.2 Å². The molecule has 0 aliphatic rings. The summed E-state index contributed by atoms with van der Waals surface area (Å²) in [5, 5.41) is 5.77. The average Bonchev–Trinajstić information content (AvgIpc) is 3.05. The molecule has 0 aromatic heterocycles. The molecule has 0 bridgehead atoms. The first-order valence-corrected chi connectivity index (χ1v) is 17.5. The van der Waals surface area contributed by atoms with Gasteiger partial charge in [0.15, 0.2) is 0 Å². The Kier molecular flexibility index (Phi) is 14.2. The van der Waals surface area contributed by atoms with Crippen molar-refractivity contribution < 1.29 is 28.7 Å². The maximum atomic E-state index is 14.9. The molecule has 9 heteroatoms. The molecular formula is C41H55N3O6. The molecule has 2 N–H and O–H groups in total. The number of esters is 1. The van der Waals surface area contributed by atoms with E-state index < -0.39 is 59.2 Å². The fourth-order valence-electron chi connectivity index (χ4n) is 5.52. The van der Waals surface area contributed by atoms with Crippen molar-refractivity contribution in [3.8, 4) is 0 Å². The minimum atomic E-state index is -1.14. The van der Waals surface area contributed by atoms with E-state index in [-0.39, 0.29) is 12.8 Å². The van der Waals surface area contributed by atoms with Crippen LogP contribution in [0.2, 0.25) is 0 Å². The fraction of sp³-hybridized carbons (Fsp3) is 0.463.